The van der Waals surface area contributed by atoms with Crippen LogP contribution < -0.4 is 5.73 Å². The van der Waals surface area contributed by atoms with Crippen molar-refractivity contribution >= 4 is 24.9 Å². The minimum Gasteiger partial charge on any atom is -0.383 e. The van der Waals surface area contributed by atoms with E-state index in [-0.39, 0.29) is 6.04 Å². The van der Waals surface area contributed by atoms with Crippen LogP contribution in [0.1, 0.15) is 38.1 Å². The highest BCUT2D eigenvalue weighted by atomic mass is 28.3. The summed E-state index contributed by atoms with van der Waals surface area (Å²) in [6.45, 7) is 8.26. The Balaban J connectivity index is 1.59. The largest absolute Gasteiger partial charge is 0.383 e. The lowest BCUT2D eigenvalue weighted by molar-refractivity contribution is 0.0899. The standard InChI is InChI=1S/C23H33N7OSi/c1-32(2,3)13-12-31-16-29-11-9-18-21(26-15-27-23(18)29)19-14-28-30(22(19)25)20(8-10-24)17-6-4-5-7-17/h9,11,14-15,17,20H,4-8,12-13,16,25H2,1-3H3. The van der Waals surface area contributed by atoms with E-state index in [9.17, 15) is 5.26 Å². The highest BCUT2D eigenvalue weighted by Gasteiger charge is 2.29. The maximum Gasteiger partial charge on any atom is 0.145 e. The van der Waals surface area contributed by atoms with E-state index >= 15 is 0 Å². The first kappa shape index (κ1) is 22.5. The van der Waals surface area contributed by atoms with Gasteiger partial charge in [-0.1, -0.05) is 32.5 Å². The molecule has 1 fully saturated rings. The Morgan fingerprint density at radius 1 is 1.28 bits per heavy atom. The van der Waals surface area contributed by atoms with Crippen LogP contribution in [0.5, 0.6) is 0 Å². The molecule has 0 radical (unpaired) electrons. The molecule has 0 aromatic carbocycles. The molecule has 2 N–H and O–H groups in total. The number of nitrogen functional groups attached to an aromatic ring is 1. The molecule has 1 aliphatic carbocycles. The fourth-order valence-corrected chi connectivity index (χ4v) is 5.33. The minimum absolute atomic E-state index is 0.0120. The van der Waals surface area contributed by atoms with Gasteiger partial charge in [-0.05, 0) is 30.9 Å². The van der Waals surface area contributed by atoms with Gasteiger partial charge in [-0.3, -0.25) is 0 Å². The third-order valence-electron chi connectivity index (χ3n) is 6.43. The molecule has 3 aromatic rings. The number of rotatable bonds is 9. The van der Waals surface area contributed by atoms with E-state index in [0.29, 0.717) is 24.9 Å². The number of ether oxygens (including phenoxy) is 1. The average Bonchev–Trinajstić information content (AvgIpc) is 3.49. The first-order valence-corrected chi connectivity index (χ1v) is 15.2. The van der Waals surface area contributed by atoms with Gasteiger partial charge in [0.25, 0.3) is 0 Å². The maximum absolute atomic E-state index is 9.39. The van der Waals surface area contributed by atoms with Gasteiger partial charge in [0, 0.05) is 26.3 Å². The molecule has 0 saturated heterocycles. The number of fused-ring (bicyclic) bond motifs is 1. The van der Waals surface area contributed by atoms with Crippen LogP contribution in [0.15, 0.2) is 24.8 Å². The molecule has 1 aliphatic rings. The fraction of sp³-hybridized carbons (Fsp3) is 0.565. The number of hydrogen-bond acceptors (Lipinski definition) is 6. The van der Waals surface area contributed by atoms with Crippen molar-refractivity contribution in [2.24, 2.45) is 5.92 Å². The van der Waals surface area contributed by atoms with Gasteiger partial charge in [0.15, 0.2) is 0 Å². The summed E-state index contributed by atoms with van der Waals surface area (Å²) in [4.78, 5) is 9.03. The molecule has 8 nitrogen and oxygen atoms in total. The van der Waals surface area contributed by atoms with E-state index < -0.39 is 8.07 Å². The Hall–Kier alpha value is -2.70. The molecule has 3 aromatic heterocycles. The summed E-state index contributed by atoms with van der Waals surface area (Å²) in [5.41, 5.74) is 8.95. The van der Waals surface area contributed by atoms with Gasteiger partial charge in [0.1, 0.15) is 24.5 Å². The molecular weight excluding hydrogens is 418 g/mol. The van der Waals surface area contributed by atoms with Crippen LogP contribution in [0.25, 0.3) is 22.3 Å². The van der Waals surface area contributed by atoms with Gasteiger partial charge >= 0.3 is 0 Å². The second kappa shape index (κ2) is 9.43. The Bertz CT molecular complexity index is 1100. The zero-order valence-electron chi connectivity index (χ0n) is 19.3. The van der Waals surface area contributed by atoms with E-state index in [0.717, 1.165) is 47.8 Å². The van der Waals surface area contributed by atoms with Crippen molar-refractivity contribution in [1.82, 2.24) is 24.3 Å². The Morgan fingerprint density at radius 3 is 2.78 bits per heavy atom. The van der Waals surface area contributed by atoms with Gasteiger partial charge in [-0.15, -0.1) is 0 Å². The summed E-state index contributed by atoms with van der Waals surface area (Å²) in [6.07, 6.45) is 10.4. The zero-order valence-corrected chi connectivity index (χ0v) is 20.3. The Kier molecular flexibility index (Phi) is 6.62. The molecule has 4 rings (SSSR count). The quantitative estimate of drug-likeness (QED) is 0.369. The number of aromatic nitrogens is 5. The second-order valence-electron chi connectivity index (χ2n) is 9.96. The first-order chi connectivity index (χ1) is 15.4. The lowest BCUT2D eigenvalue weighted by Crippen LogP contribution is -2.22. The number of nitriles is 1. The molecule has 0 aliphatic heterocycles. The first-order valence-electron chi connectivity index (χ1n) is 11.5. The average molecular weight is 452 g/mol. The van der Waals surface area contributed by atoms with Crippen molar-refractivity contribution in [1.29, 1.82) is 5.26 Å². The molecule has 170 valence electrons. The summed E-state index contributed by atoms with van der Waals surface area (Å²) >= 11 is 0. The lowest BCUT2D eigenvalue weighted by atomic mass is 9.96. The highest BCUT2D eigenvalue weighted by molar-refractivity contribution is 6.76. The highest BCUT2D eigenvalue weighted by Crippen LogP contribution is 2.39. The molecule has 9 heteroatoms. The zero-order chi connectivity index (χ0) is 22.7. The number of nitrogens with zero attached hydrogens (tertiary/aromatic N) is 6. The van der Waals surface area contributed by atoms with Crippen LogP contribution in [0.4, 0.5) is 5.82 Å². The normalized spacial score (nSPS) is 15.9. The van der Waals surface area contributed by atoms with Gasteiger partial charge in [0.2, 0.25) is 0 Å². The van der Waals surface area contributed by atoms with Crippen molar-refractivity contribution in [2.75, 3.05) is 12.3 Å². The van der Waals surface area contributed by atoms with E-state index in [1.54, 1.807) is 12.5 Å². The van der Waals surface area contributed by atoms with Crippen molar-refractivity contribution < 1.29 is 4.74 Å². The Labute approximate surface area is 190 Å². The van der Waals surface area contributed by atoms with Crippen molar-refractivity contribution in [3.8, 4) is 17.3 Å². The molecule has 0 amide bonds. The van der Waals surface area contributed by atoms with Crippen molar-refractivity contribution in [2.45, 2.75) is 70.6 Å². The van der Waals surface area contributed by atoms with Crippen LogP contribution >= 0.6 is 0 Å². The van der Waals surface area contributed by atoms with Crippen LogP contribution in [-0.2, 0) is 11.5 Å². The fourth-order valence-electron chi connectivity index (χ4n) is 4.57. The van der Waals surface area contributed by atoms with Gasteiger partial charge in [0.05, 0.1) is 36.0 Å². The summed E-state index contributed by atoms with van der Waals surface area (Å²) in [6, 6.07) is 5.48. The van der Waals surface area contributed by atoms with Crippen LogP contribution in [0, 0.1) is 17.2 Å². The third-order valence-corrected chi connectivity index (χ3v) is 8.13. The molecule has 0 bridgehead atoms. The second-order valence-corrected chi connectivity index (χ2v) is 15.6. The lowest BCUT2D eigenvalue weighted by Gasteiger charge is -2.22. The Morgan fingerprint density at radius 2 is 2.06 bits per heavy atom. The monoisotopic (exact) mass is 451 g/mol. The molecule has 1 unspecified atom stereocenters. The van der Waals surface area contributed by atoms with E-state index in [1.165, 1.54) is 12.8 Å². The molecule has 0 spiro atoms. The smallest absolute Gasteiger partial charge is 0.145 e. The van der Waals surface area contributed by atoms with Crippen molar-refractivity contribution in [3.05, 3.63) is 24.8 Å². The molecular formula is C23H33N7OSi. The summed E-state index contributed by atoms with van der Waals surface area (Å²) in [5, 5.41) is 14.9. The maximum atomic E-state index is 9.39. The van der Waals surface area contributed by atoms with E-state index in [2.05, 4.69) is 40.8 Å². The number of hydrogen-bond donors (Lipinski definition) is 1. The molecule has 3 heterocycles. The van der Waals surface area contributed by atoms with Gasteiger partial charge in [-0.25, -0.2) is 14.6 Å². The summed E-state index contributed by atoms with van der Waals surface area (Å²) in [7, 11) is -1.12. The number of nitrogens with two attached hydrogens (primary N) is 1. The SMILES string of the molecule is C[Si](C)(C)CCOCn1ccc2c(-c3cnn(C(CC#N)C4CCCC4)c3N)ncnc21. The minimum atomic E-state index is -1.12. The predicted octanol–water partition coefficient (Wildman–Crippen LogP) is 4.83. The number of anilines is 1. The summed E-state index contributed by atoms with van der Waals surface area (Å²) in [5.74, 6) is 1.01. The topological polar surface area (TPSA) is 108 Å². The van der Waals surface area contributed by atoms with Crippen LogP contribution in [-0.4, -0.2) is 39.0 Å². The molecule has 32 heavy (non-hydrogen) atoms. The van der Waals surface area contributed by atoms with Crippen LogP contribution in [0.3, 0.4) is 0 Å². The van der Waals surface area contributed by atoms with Crippen molar-refractivity contribution in [3.63, 3.8) is 0 Å². The molecule has 1 atom stereocenters. The van der Waals surface area contributed by atoms with Gasteiger partial charge in [-0.2, -0.15) is 10.4 Å². The molecule has 1 saturated carbocycles. The van der Waals surface area contributed by atoms with E-state index in [4.69, 9.17) is 10.5 Å². The van der Waals surface area contributed by atoms with Gasteiger partial charge < -0.3 is 15.0 Å². The third kappa shape index (κ3) is 4.71. The summed E-state index contributed by atoms with van der Waals surface area (Å²) < 4.78 is 9.76. The van der Waals surface area contributed by atoms with E-state index in [1.807, 2.05) is 21.5 Å². The predicted molar refractivity (Wildman–Crippen MR) is 128 cm³/mol. The van der Waals surface area contributed by atoms with Crippen LogP contribution in [0.2, 0.25) is 25.7 Å².